The Morgan fingerprint density at radius 2 is 2.00 bits per heavy atom. The number of H-pyrrole nitrogens is 1. The minimum atomic E-state index is -0.410. The fraction of sp³-hybridized carbons (Fsp3) is 0.350. The Kier molecular flexibility index (Phi) is 5.69. The number of aryl methyl sites for hydroxylation is 1. The normalized spacial score (nSPS) is 14.8. The fourth-order valence-electron chi connectivity index (χ4n) is 3.18. The minimum absolute atomic E-state index is 0.0966. The van der Waals surface area contributed by atoms with E-state index in [1.54, 1.807) is 30.0 Å². The van der Waals surface area contributed by atoms with Crippen LogP contribution in [-0.4, -0.2) is 34.8 Å². The van der Waals surface area contributed by atoms with Crippen LogP contribution in [0.2, 0.25) is 0 Å². The van der Waals surface area contributed by atoms with E-state index in [0.717, 1.165) is 0 Å². The first-order chi connectivity index (χ1) is 13.0. The van der Waals surface area contributed by atoms with Gasteiger partial charge in [-0.1, -0.05) is 12.1 Å². The molecule has 1 aliphatic heterocycles. The van der Waals surface area contributed by atoms with Crippen molar-refractivity contribution in [1.29, 1.82) is 0 Å². The summed E-state index contributed by atoms with van der Waals surface area (Å²) in [7, 11) is 0. The first-order valence-corrected chi connectivity index (χ1v) is 8.95. The molecule has 0 atom stereocenters. The second-order valence-corrected chi connectivity index (χ2v) is 6.78. The van der Waals surface area contributed by atoms with Gasteiger partial charge in [-0.15, -0.1) is 0 Å². The summed E-state index contributed by atoms with van der Waals surface area (Å²) in [5.74, 6) is -0.894. The van der Waals surface area contributed by atoms with Gasteiger partial charge in [0.1, 0.15) is 11.4 Å². The van der Waals surface area contributed by atoms with Crippen molar-refractivity contribution in [2.45, 2.75) is 26.3 Å². The van der Waals surface area contributed by atoms with Crippen LogP contribution in [0.3, 0.4) is 0 Å². The number of aromatic nitrogens is 1. The number of amides is 2. The predicted molar refractivity (Wildman–Crippen MR) is 98.7 cm³/mol. The Balaban J connectivity index is 1.52. The molecule has 1 aliphatic rings. The van der Waals surface area contributed by atoms with Crippen molar-refractivity contribution in [3.63, 3.8) is 0 Å². The molecule has 0 unspecified atom stereocenters. The van der Waals surface area contributed by atoms with Crippen LogP contribution in [-0.2, 0) is 11.3 Å². The molecule has 2 N–H and O–H groups in total. The van der Waals surface area contributed by atoms with E-state index in [2.05, 4.69) is 10.3 Å². The lowest BCUT2D eigenvalue weighted by molar-refractivity contribution is -0.126. The average molecular weight is 371 g/mol. The van der Waals surface area contributed by atoms with E-state index in [0.29, 0.717) is 37.1 Å². The fourth-order valence-corrected chi connectivity index (χ4v) is 3.18. The Morgan fingerprint density at radius 1 is 1.26 bits per heavy atom. The number of carbonyl (C=O) groups is 2. The zero-order valence-electron chi connectivity index (χ0n) is 15.1. The number of pyridine rings is 1. The molecule has 1 fully saturated rings. The highest BCUT2D eigenvalue weighted by Crippen LogP contribution is 2.19. The quantitative estimate of drug-likeness (QED) is 0.862. The number of likely N-dealkylation sites (tertiary alicyclic amines) is 1. The number of hydrogen-bond donors (Lipinski definition) is 2. The van der Waals surface area contributed by atoms with Crippen LogP contribution in [0.5, 0.6) is 0 Å². The summed E-state index contributed by atoms with van der Waals surface area (Å²) in [6.45, 7) is 2.81. The van der Waals surface area contributed by atoms with E-state index < -0.39 is 5.56 Å². The van der Waals surface area contributed by atoms with Gasteiger partial charge in [0.15, 0.2) is 0 Å². The summed E-state index contributed by atoms with van der Waals surface area (Å²) in [6.07, 6.45) is 2.55. The molecular weight excluding hydrogens is 349 g/mol. The molecule has 0 bridgehead atoms. The molecule has 2 aromatic rings. The Labute approximate surface area is 156 Å². The SMILES string of the molecule is Cc1ccc(CNC(=O)C2CCN(C(=O)c3ccc[nH]c3=O)CC2)cc1F. The highest BCUT2D eigenvalue weighted by molar-refractivity contribution is 5.94. The molecule has 1 aromatic heterocycles. The third-order valence-corrected chi connectivity index (χ3v) is 4.90. The summed E-state index contributed by atoms with van der Waals surface area (Å²) in [4.78, 5) is 40.6. The standard InChI is InChI=1S/C20H22FN3O3/c1-13-4-5-14(11-17(13)21)12-23-18(25)15-6-9-24(10-7-15)20(27)16-3-2-8-22-19(16)26/h2-5,8,11,15H,6-7,9-10,12H2,1H3,(H,22,26)(H,23,25). The Hall–Kier alpha value is -2.96. The van der Waals surface area contributed by atoms with Gasteiger partial charge >= 0.3 is 0 Å². The third kappa shape index (κ3) is 4.42. The molecule has 2 heterocycles. The van der Waals surface area contributed by atoms with Crippen LogP contribution in [0.25, 0.3) is 0 Å². The molecule has 0 saturated carbocycles. The van der Waals surface area contributed by atoms with Crippen LogP contribution < -0.4 is 10.9 Å². The van der Waals surface area contributed by atoms with Crippen LogP contribution in [0.15, 0.2) is 41.3 Å². The average Bonchev–Trinajstić information content (AvgIpc) is 2.68. The molecule has 142 valence electrons. The molecule has 1 saturated heterocycles. The number of nitrogens with zero attached hydrogens (tertiary/aromatic N) is 1. The van der Waals surface area contributed by atoms with Crippen molar-refractivity contribution in [3.05, 3.63) is 69.4 Å². The zero-order valence-corrected chi connectivity index (χ0v) is 15.1. The molecule has 0 spiro atoms. The summed E-state index contributed by atoms with van der Waals surface area (Å²) in [5, 5.41) is 2.84. The maximum absolute atomic E-state index is 13.6. The summed E-state index contributed by atoms with van der Waals surface area (Å²) in [5.41, 5.74) is 0.983. The van der Waals surface area contributed by atoms with E-state index in [4.69, 9.17) is 0 Å². The highest BCUT2D eigenvalue weighted by atomic mass is 19.1. The summed E-state index contributed by atoms with van der Waals surface area (Å²) >= 11 is 0. The van der Waals surface area contributed by atoms with Crippen molar-refractivity contribution in [2.24, 2.45) is 5.92 Å². The molecule has 1 aromatic carbocycles. The zero-order chi connectivity index (χ0) is 19.4. The maximum Gasteiger partial charge on any atom is 0.260 e. The molecule has 0 radical (unpaired) electrons. The molecule has 0 aliphatic carbocycles. The smallest absolute Gasteiger partial charge is 0.260 e. The molecule has 6 nitrogen and oxygen atoms in total. The van der Waals surface area contributed by atoms with Gasteiger partial charge in [0.25, 0.3) is 11.5 Å². The van der Waals surface area contributed by atoms with Gasteiger partial charge in [-0.25, -0.2) is 4.39 Å². The number of nitrogens with one attached hydrogen (secondary N) is 2. The van der Waals surface area contributed by atoms with Crippen LogP contribution in [0.4, 0.5) is 4.39 Å². The number of hydrogen-bond acceptors (Lipinski definition) is 3. The van der Waals surface area contributed by atoms with E-state index in [1.165, 1.54) is 18.3 Å². The maximum atomic E-state index is 13.6. The van der Waals surface area contributed by atoms with Crippen molar-refractivity contribution in [2.75, 3.05) is 13.1 Å². The highest BCUT2D eigenvalue weighted by Gasteiger charge is 2.28. The predicted octanol–water partition coefficient (Wildman–Crippen LogP) is 1.99. The topological polar surface area (TPSA) is 82.3 Å². The monoisotopic (exact) mass is 371 g/mol. The van der Waals surface area contributed by atoms with E-state index in [1.807, 2.05) is 0 Å². The van der Waals surface area contributed by atoms with E-state index in [9.17, 15) is 18.8 Å². The Morgan fingerprint density at radius 3 is 2.67 bits per heavy atom. The van der Waals surface area contributed by atoms with Gasteiger partial charge in [0, 0.05) is 31.7 Å². The van der Waals surface area contributed by atoms with Crippen LogP contribution in [0, 0.1) is 18.7 Å². The van der Waals surface area contributed by atoms with Gasteiger partial charge in [-0.3, -0.25) is 14.4 Å². The van der Waals surface area contributed by atoms with E-state index in [-0.39, 0.29) is 35.7 Å². The first-order valence-electron chi connectivity index (χ1n) is 8.95. The second kappa shape index (κ2) is 8.16. The number of aromatic amines is 1. The van der Waals surface area contributed by atoms with Gasteiger partial charge in [0.05, 0.1) is 0 Å². The number of rotatable bonds is 4. The largest absolute Gasteiger partial charge is 0.352 e. The lowest BCUT2D eigenvalue weighted by Crippen LogP contribution is -2.44. The minimum Gasteiger partial charge on any atom is -0.352 e. The number of carbonyl (C=O) groups excluding carboxylic acids is 2. The first kappa shape index (κ1) is 18.8. The summed E-state index contributed by atoms with van der Waals surface area (Å²) < 4.78 is 13.6. The lowest BCUT2D eigenvalue weighted by Gasteiger charge is -2.31. The summed E-state index contributed by atoms with van der Waals surface area (Å²) in [6, 6.07) is 8.02. The second-order valence-electron chi connectivity index (χ2n) is 6.78. The van der Waals surface area contributed by atoms with Gasteiger partial charge < -0.3 is 15.2 Å². The van der Waals surface area contributed by atoms with Crippen molar-refractivity contribution in [1.82, 2.24) is 15.2 Å². The van der Waals surface area contributed by atoms with Gasteiger partial charge in [-0.05, 0) is 49.1 Å². The third-order valence-electron chi connectivity index (χ3n) is 4.90. The molecule has 3 rings (SSSR count). The Bertz CT molecular complexity index is 901. The van der Waals surface area contributed by atoms with Gasteiger partial charge in [-0.2, -0.15) is 0 Å². The molecule has 27 heavy (non-hydrogen) atoms. The number of benzene rings is 1. The number of halogens is 1. The van der Waals surface area contributed by atoms with Crippen molar-refractivity contribution >= 4 is 11.8 Å². The van der Waals surface area contributed by atoms with Crippen LogP contribution >= 0.6 is 0 Å². The van der Waals surface area contributed by atoms with Crippen molar-refractivity contribution in [3.8, 4) is 0 Å². The lowest BCUT2D eigenvalue weighted by atomic mass is 9.95. The molecular formula is C20H22FN3O3. The molecule has 2 amide bonds. The van der Waals surface area contributed by atoms with E-state index >= 15 is 0 Å². The van der Waals surface area contributed by atoms with Crippen molar-refractivity contribution < 1.29 is 14.0 Å². The van der Waals surface area contributed by atoms with Gasteiger partial charge in [0.2, 0.25) is 5.91 Å². The van der Waals surface area contributed by atoms with Crippen LogP contribution in [0.1, 0.15) is 34.3 Å². The molecule has 7 heteroatoms. The number of piperidine rings is 1.